The number of rotatable bonds is 10. The number of halogens is 7. The first-order valence-electron chi connectivity index (χ1n) is 9.75. The summed E-state index contributed by atoms with van der Waals surface area (Å²) in [5.74, 6) is -1.15. The Morgan fingerprint density at radius 1 is 0.892 bits per heavy atom. The summed E-state index contributed by atoms with van der Waals surface area (Å²) in [6.45, 7) is 0. The summed E-state index contributed by atoms with van der Waals surface area (Å²) in [4.78, 5) is 12.6. The third-order valence-electron chi connectivity index (χ3n) is 4.53. The van der Waals surface area contributed by atoms with Crippen LogP contribution < -0.4 is 15.0 Å². The summed E-state index contributed by atoms with van der Waals surface area (Å²) in [5, 5.41) is 0.220. The van der Waals surface area contributed by atoms with Crippen LogP contribution in [0.1, 0.15) is 17.5 Å². The predicted octanol–water partition coefficient (Wildman–Crippen LogP) is 3.79. The van der Waals surface area contributed by atoms with Crippen molar-refractivity contribution in [1.29, 1.82) is 0 Å². The molecule has 37 heavy (non-hydrogen) atoms. The van der Waals surface area contributed by atoms with Crippen molar-refractivity contribution in [3.63, 3.8) is 0 Å². The molecule has 0 radical (unpaired) electrons. The van der Waals surface area contributed by atoms with Crippen LogP contribution in [0.15, 0.2) is 52.3 Å². The molecule has 0 saturated heterocycles. The molecule has 1 atom stereocenters. The topological polar surface area (TPSA) is 121 Å². The van der Waals surface area contributed by atoms with Crippen molar-refractivity contribution in [2.75, 3.05) is 12.0 Å². The lowest BCUT2D eigenvalue weighted by molar-refractivity contribution is -0.143. The maximum Gasteiger partial charge on any atom is 0.416 e. The fourth-order valence-corrected chi connectivity index (χ4v) is 5.44. The molecule has 3 N–H and O–H groups in total. The molecule has 8 nitrogen and oxygen atoms in total. The van der Waals surface area contributed by atoms with E-state index in [2.05, 4.69) is 0 Å². The maximum atomic E-state index is 13.1. The molecule has 2 rings (SSSR count). The van der Waals surface area contributed by atoms with Crippen LogP contribution in [-0.4, -0.2) is 40.8 Å². The number of hydrazine groups is 1. The van der Waals surface area contributed by atoms with Gasteiger partial charge in [-0.25, -0.2) is 16.8 Å². The fourth-order valence-electron chi connectivity index (χ4n) is 2.69. The Bertz CT molecular complexity index is 1300. The molecule has 0 aromatic heterocycles. The van der Waals surface area contributed by atoms with Crippen LogP contribution in [0.2, 0.25) is 5.02 Å². The van der Waals surface area contributed by atoms with Gasteiger partial charge in [0.1, 0.15) is 6.04 Å². The van der Waals surface area contributed by atoms with Gasteiger partial charge in [0.2, 0.25) is 10.0 Å². The molecule has 2 aromatic carbocycles. The van der Waals surface area contributed by atoms with Gasteiger partial charge in [-0.15, -0.1) is 4.83 Å². The lowest BCUT2D eigenvalue weighted by atomic mass is 10.1. The minimum atomic E-state index is -5.30. The second-order valence-corrected chi connectivity index (χ2v) is 12.1. The highest BCUT2D eigenvalue weighted by Crippen LogP contribution is 2.37. The quantitative estimate of drug-likeness (QED) is 0.277. The summed E-state index contributed by atoms with van der Waals surface area (Å²) >= 11 is 6.82. The van der Waals surface area contributed by atoms with E-state index in [1.807, 2.05) is 0 Å². The van der Waals surface area contributed by atoms with Crippen LogP contribution in [0.3, 0.4) is 0 Å². The SMILES string of the molecule is CSCCC(NS(=O)(=O)c1cc(C(F)(F)F)cc(C(F)(F)F)c1)C(=O)NNS(=O)(=O)c1ccc(Cl)cc1. The molecule has 0 bridgehead atoms. The van der Waals surface area contributed by atoms with Crippen molar-refractivity contribution in [2.45, 2.75) is 34.6 Å². The lowest BCUT2D eigenvalue weighted by Crippen LogP contribution is -2.52. The Kier molecular flexibility index (Phi) is 9.92. The van der Waals surface area contributed by atoms with E-state index in [1.165, 1.54) is 12.1 Å². The first-order valence-corrected chi connectivity index (χ1v) is 14.5. The van der Waals surface area contributed by atoms with Crippen LogP contribution in [0.4, 0.5) is 26.3 Å². The summed E-state index contributed by atoms with van der Waals surface area (Å²) in [6.07, 6.45) is -9.32. The number of hydrogen-bond donors (Lipinski definition) is 3. The molecular weight excluding hydrogens is 596 g/mol. The number of thioether (sulfide) groups is 1. The van der Waals surface area contributed by atoms with E-state index in [4.69, 9.17) is 11.6 Å². The molecule has 0 aliphatic heterocycles. The first kappa shape index (κ1) is 31.2. The first-order chi connectivity index (χ1) is 16.9. The molecule has 1 unspecified atom stereocenters. The zero-order chi connectivity index (χ0) is 28.2. The van der Waals surface area contributed by atoms with Crippen LogP contribution >= 0.6 is 23.4 Å². The molecular formula is C19H18ClF6N3O5S3. The highest BCUT2D eigenvalue weighted by Gasteiger charge is 2.39. The van der Waals surface area contributed by atoms with E-state index in [-0.39, 0.29) is 40.3 Å². The third kappa shape index (κ3) is 8.75. The van der Waals surface area contributed by atoms with Gasteiger partial charge in [0.15, 0.2) is 0 Å². The highest BCUT2D eigenvalue weighted by molar-refractivity contribution is 7.98. The minimum Gasteiger partial charge on any atom is -0.276 e. The van der Waals surface area contributed by atoms with Crippen molar-refractivity contribution in [1.82, 2.24) is 15.0 Å². The molecule has 0 aliphatic carbocycles. The Hall–Kier alpha value is -2.05. The summed E-state index contributed by atoms with van der Waals surface area (Å²) < 4.78 is 131. The van der Waals surface area contributed by atoms with E-state index < -0.39 is 60.4 Å². The zero-order valence-electron chi connectivity index (χ0n) is 18.4. The molecule has 0 fully saturated rings. The normalized spacial score (nSPS) is 13.8. The number of alkyl halides is 6. The van der Waals surface area contributed by atoms with Gasteiger partial charge in [-0.1, -0.05) is 11.6 Å². The third-order valence-corrected chi connectivity index (χ3v) is 8.14. The summed E-state index contributed by atoms with van der Waals surface area (Å²) in [6, 6.07) is 2.67. The van der Waals surface area contributed by atoms with Gasteiger partial charge in [0, 0.05) is 5.02 Å². The highest BCUT2D eigenvalue weighted by atomic mass is 35.5. The Labute approximate surface area is 217 Å². The predicted molar refractivity (Wildman–Crippen MR) is 123 cm³/mol. The van der Waals surface area contributed by atoms with Crippen LogP contribution in [0, 0.1) is 0 Å². The number of carbonyl (C=O) groups is 1. The van der Waals surface area contributed by atoms with E-state index >= 15 is 0 Å². The average Bonchev–Trinajstić information content (AvgIpc) is 2.79. The second kappa shape index (κ2) is 11.8. The second-order valence-electron chi connectivity index (χ2n) is 7.25. The molecule has 0 spiro atoms. The van der Waals surface area contributed by atoms with Crippen LogP contribution in [0.5, 0.6) is 0 Å². The van der Waals surface area contributed by atoms with Crippen LogP contribution in [-0.2, 0) is 37.2 Å². The van der Waals surface area contributed by atoms with Crippen molar-refractivity contribution >= 4 is 49.3 Å². The standard InChI is InChI=1S/C19H18ClF6N3O5S3/c1-35-7-6-16(17(30)27-29-37(33,34)14-4-2-13(20)3-5-14)28-36(31,32)15-9-11(18(21,22)23)8-12(10-15)19(24,25)26/h2-5,8-10,16,28-29H,6-7H2,1H3,(H,27,30). The van der Waals surface area contributed by atoms with Gasteiger partial charge in [-0.05, 0) is 60.9 Å². The number of benzene rings is 2. The van der Waals surface area contributed by atoms with Gasteiger partial charge in [-0.2, -0.15) is 42.8 Å². The average molecular weight is 614 g/mol. The Morgan fingerprint density at radius 3 is 1.86 bits per heavy atom. The number of sulfonamides is 2. The number of hydrogen-bond acceptors (Lipinski definition) is 6. The Morgan fingerprint density at radius 2 is 1.41 bits per heavy atom. The lowest BCUT2D eigenvalue weighted by Gasteiger charge is -2.20. The van der Waals surface area contributed by atoms with E-state index in [1.54, 1.807) is 21.2 Å². The number of amides is 1. The van der Waals surface area contributed by atoms with Gasteiger partial charge in [0.05, 0.1) is 20.9 Å². The van der Waals surface area contributed by atoms with Crippen LogP contribution in [0.25, 0.3) is 0 Å². The molecule has 18 heteroatoms. The summed E-state index contributed by atoms with van der Waals surface area (Å²) in [7, 11) is -9.46. The fraction of sp³-hybridized carbons (Fsp3) is 0.316. The van der Waals surface area contributed by atoms with Gasteiger partial charge in [-0.3, -0.25) is 10.2 Å². The summed E-state index contributed by atoms with van der Waals surface area (Å²) in [5.41, 5.74) is -1.96. The van der Waals surface area contributed by atoms with Gasteiger partial charge in [0.25, 0.3) is 15.9 Å². The van der Waals surface area contributed by atoms with E-state index in [0.29, 0.717) is 0 Å². The smallest absolute Gasteiger partial charge is 0.276 e. The van der Waals surface area contributed by atoms with Crippen molar-refractivity contribution < 1.29 is 48.0 Å². The molecule has 0 aliphatic rings. The minimum absolute atomic E-state index is 0.00957. The van der Waals surface area contributed by atoms with E-state index in [9.17, 15) is 48.0 Å². The molecule has 0 heterocycles. The molecule has 2 aromatic rings. The maximum absolute atomic E-state index is 13.1. The number of nitrogens with one attached hydrogen (secondary N) is 3. The zero-order valence-corrected chi connectivity index (χ0v) is 21.7. The monoisotopic (exact) mass is 613 g/mol. The van der Waals surface area contributed by atoms with Crippen molar-refractivity contribution in [2.24, 2.45) is 0 Å². The number of carbonyl (C=O) groups excluding carboxylic acids is 1. The molecule has 1 amide bonds. The van der Waals surface area contributed by atoms with E-state index in [0.717, 1.165) is 23.9 Å². The molecule has 0 saturated carbocycles. The van der Waals surface area contributed by atoms with Crippen molar-refractivity contribution in [3.8, 4) is 0 Å². The molecule has 206 valence electrons. The van der Waals surface area contributed by atoms with Crippen molar-refractivity contribution in [3.05, 3.63) is 58.6 Å². The van der Waals surface area contributed by atoms with Gasteiger partial charge < -0.3 is 0 Å². The Balaban J connectivity index is 2.34. The van der Waals surface area contributed by atoms with Gasteiger partial charge >= 0.3 is 12.4 Å². The largest absolute Gasteiger partial charge is 0.416 e.